The number of alkyl halides is 2. The number of nitrogens with zero attached hydrogens (tertiary/aromatic N) is 2. The molecular formula is C7H11F2N3. The van der Waals surface area contributed by atoms with E-state index in [2.05, 4.69) is 10.4 Å². The summed E-state index contributed by atoms with van der Waals surface area (Å²) in [6, 6.07) is 1.40. The van der Waals surface area contributed by atoms with Gasteiger partial charge in [0, 0.05) is 13.6 Å². The zero-order valence-electron chi connectivity index (χ0n) is 7.01. The van der Waals surface area contributed by atoms with Gasteiger partial charge in [0.15, 0.2) is 0 Å². The van der Waals surface area contributed by atoms with Crippen LogP contribution in [0.15, 0.2) is 6.07 Å². The molecule has 3 nitrogen and oxygen atoms in total. The van der Waals surface area contributed by atoms with Gasteiger partial charge < -0.3 is 5.32 Å². The Labute approximate surface area is 69.4 Å². The second kappa shape index (κ2) is 3.62. The maximum absolute atomic E-state index is 12.2. The van der Waals surface area contributed by atoms with Crippen LogP contribution in [0.1, 0.15) is 17.8 Å². The van der Waals surface area contributed by atoms with Crippen LogP contribution in [-0.2, 0) is 13.6 Å². The minimum Gasteiger partial charge on any atom is -0.314 e. The summed E-state index contributed by atoms with van der Waals surface area (Å²) in [5.41, 5.74) is 0.593. The van der Waals surface area contributed by atoms with Gasteiger partial charge in [-0.2, -0.15) is 5.10 Å². The average Bonchev–Trinajstić information content (AvgIpc) is 2.32. The van der Waals surface area contributed by atoms with Crippen LogP contribution in [0.5, 0.6) is 0 Å². The molecule has 0 unspecified atom stereocenters. The molecule has 1 rings (SSSR count). The molecule has 0 bridgehead atoms. The third kappa shape index (κ3) is 1.79. The smallest absolute Gasteiger partial charge is 0.280 e. The Bertz CT molecular complexity index is 257. The zero-order chi connectivity index (χ0) is 9.14. The number of rotatable bonds is 3. The number of hydrogen-bond acceptors (Lipinski definition) is 2. The van der Waals surface area contributed by atoms with E-state index < -0.39 is 6.43 Å². The van der Waals surface area contributed by atoms with Crippen molar-refractivity contribution in [1.29, 1.82) is 0 Å². The summed E-state index contributed by atoms with van der Waals surface area (Å²) in [6.07, 6.45) is -2.45. The summed E-state index contributed by atoms with van der Waals surface area (Å²) in [7, 11) is 3.26. The SMILES string of the molecule is CNCc1cc(C(F)F)n(C)n1. The van der Waals surface area contributed by atoms with Gasteiger partial charge in [-0.1, -0.05) is 0 Å². The van der Waals surface area contributed by atoms with E-state index in [-0.39, 0.29) is 5.69 Å². The highest BCUT2D eigenvalue weighted by Crippen LogP contribution is 2.18. The predicted molar refractivity (Wildman–Crippen MR) is 40.9 cm³/mol. The van der Waals surface area contributed by atoms with E-state index in [1.807, 2.05) is 0 Å². The molecule has 12 heavy (non-hydrogen) atoms. The molecule has 1 aromatic heterocycles. The van der Waals surface area contributed by atoms with E-state index in [1.165, 1.54) is 17.8 Å². The first kappa shape index (κ1) is 9.12. The van der Waals surface area contributed by atoms with E-state index in [9.17, 15) is 8.78 Å². The molecule has 0 aliphatic rings. The molecule has 0 aliphatic heterocycles. The highest BCUT2D eigenvalue weighted by atomic mass is 19.3. The van der Waals surface area contributed by atoms with E-state index >= 15 is 0 Å². The van der Waals surface area contributed by atoms with Crippen LogP contribution in [0.25, 0.3) is 0 Å². The van der Waals surface area contributed by atoms with Crippen LogP contribution in [0.4, 0.5) is 8.78 Å². The van der Waals surface area contributed by atoms with Crippen molar-refractivity contribution in [1.82, 2.24) is 15.1 Å². The standard InChI is InChI=1S/C7H11F2N3/c1-10-4-5-3-6(7(8)9)12(2)11-5/h3,7,10H,4H2,1-2H3. The normalized spacial score (nSPS) is 11.1. The lowest BCUT2D eigenvalue weighted by Gasteiger charge is -1.96. The first-order chi connectivity index (χ1) is 5.65. The summed E-state index contributed by atoms with van der Waals surface area (Å²) >= 11 is 0. The molecule has 68 valence electrons. The van der Waals surface area contributed by atoms with Crippen LogP contribution in [0.2, 0.25) is 0 Å². The number of hydrogen-bond donors (Lipinski definition) is 1. The van der Waals surface area contributed by atoms with E-state index in [0.29, 0.717) is 12.2 Å². The third-order valence-corrected chi connectivity index (χ3v) is 1.55. The highest BCUT2D eigenvalue weighted by molar-refractivity contribution is 5.10. The van der Waals surface area contributed by atoms with Gasteiger partial charge in [-0.3, -0.25) is 4.68 Å². The summed E-state index contributed by atoms with van der Waals surface area (Å²) in [5, 5.41) is 6.74. The summed E-state index contributed by atoms with van der Waals surface area (Å²) < 4.78 is 25.6. The van der Waals surface area contributed by atoms with Crippen molar-refractivity contribution in [2.45, 2.75) is 13.0 Å². The van der Waals surface area contributed by atoms with Crippen molar-refractivity contribution in [2.75, 3.05) is 7.05 Å². The largest absolute Gasteiger partial charge is 0.314 e. The number of halogens is 2. The van der Waals surface area contributed by atoms with Crippen molar-refractivity contribution in [3.05, 3.63) is 17.5 Å². The average molecular weight is 175 g/mol. The Hall–Kier alpha value is -0.970. The molecule has 0 aromatic carbocycles. The van der Waals surface area contributed by atoms with Crippen LogP contribution < -0.4 is 5.32 Å². The fourth-order valence-electron chi connectivity index (χ4n) is 1.02. The van der Waals surface area contributed by atoms with Gasteiger partial charge in [-0.25, -0.2) is 8.78 Å². The molecule has 5 heteroatoms. The first-order valence-electron chi connectivity index (χ1n) is 3.60. The molecule has 0 saturated carbocycles. The van der Waals surface area contributed by atoms with Gasteiger partial charge >= 0.3 is 0 Å². The molecule has 1 aromatic rings. The van der Waals surface area contributed by atoms with E-state index in [0.717, 1.165) is 0 Å². The zero-order valence-corrected chi connectivity index (χ0v) is 7.01. The Morgan fingerprint density at radius 3 is 2.75 bits per heavy atom. The maximum Gasteiger partial charge on any atom is 0.280 e. The van der Waals surface area contributed by atoms with Gasteiger partial charge in [0.1, 0.15) is 5.69 Å². The fraction of sp³-hybridized carbons (Fsp3) is 0.571. The summed E-state index contributed by atoms with van der Waals surface area (Å²) in [5.74, 6) is 0. The Morgan fingerprint density at radius 2 is 2.33 bits per heavy atom. The minimum atomic E-state index is -2.45. The molecule has 0 radical (unpaired) electrons. The molecule has 0 atom stereocenters. The monoisotopic (exact) mass is 175 g/mol. The lowest BCUT2D eigenvalue weighted by molar-refractivity contribution is 0.141. The molecule has 0 aliphatic carbocycles. The number of aromatic nitrogens is 2. The van der Waals surface area contributed by atoms with Gasteiger partial charge in [0.05, 0.1) is 5.69 Å². The molecule has 1 heterocycles. The van der Waals surface area contributed by atoms with Crippen molar-refractivity contribution < 1.29 is 8.78 Å². The number of aryl methyl sites for hydroxylation is 1. The lowest BCUT2D eigenvalue weighted by Crippen LogP contribution is -2.06. The van der Waals surface area contributed by atoms with Crippen LogP contribution in [0.3, 0.4) is 0 Å². The quantitative estimate of drug-likeness (QED) is 0.744. The number of nitrogens with one attached hydrogen (secondary N) is 1. The van der Waals surface area contributed by atoms with Gasteiger partial charge in [0.2, 0.25) is 0 Å². The van der Waals surface area contributed by atoms with Gasteiger partial charge in [-0.05, 0) is 13.1 Å². The van der Waals surface area contributed by atoms with Crippen molar-refractivity contribution in [3.8, 4) is 0 Å². The second-order valence-corrected chi connectivity index (χ2v) is 2.52. The molecule has 1 N–H and O–H groups in total. The van der Waals surface area contributed by atoms with Crippen LogP contribution >= 0.6 is 0 Å². The molecule has 0 fully saturated rings. The summed E-state index contributed by atoms with van der Waals surface area (Å²) in [4.78, 5) is 0. The predicted octanol–water partition coefficient (Wildman–Crippen LogP) is 1.08. The van der Waals surface area contributed by atoms with E-state index in [1.54, 1.807) is 7.05 Å². The minimum absolute atomic E-state index is 0.0414. The van der Waals surface area contributed by atoms with Gasteiger partial charge in [-0.15, -0.1) is 0 Å². The third-order valence-electron chi connectivity index (χ3n) is 1.55. The molecule has 0 spiro atoms. The highest BCUT2D eigenvalue weighted by Gasteiger charge is 2.13. The summed E-state index contributed by atoms with van der Waals surface area (Å²) in [6.45, 7) is 0.514. The molecule has 0 amide bonds. The van der Waals surface area contributed by atoms with Crippen molar-refractivity contribution >= 4 is 0 Å². The van der Waals surface area contributed by atoms with Gasteiger partial charge in [0.25, 0.3) is 6.43 Å². The second-order valence-electron chi connectivity index (χ2n) is 2.52. The lowest BCUT2D eigenvalue weighted by atomic mass is 10.3. The Balaban J connectivity index is 2.85. The maximum atomic E-state index is 12.2. The van der Waals surface area contributed by atoms with Crippen molar-refractivity contribution in [3.63, 3.8) is 0 Å². The van der Waals surface area contributed by atoms with Crippen LogP contribution in [0, 0.1) is 0 Å². The molecule has 0 saturated heterocycles. The Morgan fingerprint density at radius 1 is 1.67 bits per heavy atom. The molecular weight excluding hydrogens is 164 g/mol. The topological polar surface area (TPSA) is 29.9 Å². The van der Waals surface area contributed by atoms with Crippen molar-refractivity contribution in [2.24, 2.45) is 7.05 Å². The van der Waals surface area contributed by atoms with Crippen LogP contribution in [-0.4, -0.2) is 16.8 Å². The Kier molecular flexibility index (Phi) is 2.75. The first-order valence-corrected chi connectivity index (χ1v) is 3.60. The fourth-order valence-corrected chi connectivity index (χ4v) is 1.02. The van der Waals surface area contributed by atoms with E-state index in [4.69, 9.17) is 0 Å².